The second-order valence-electron chi connectivity index (χ2n) is 6.80. The lowest BCUT2D eigenvalue weighted by atomic mass is 10.2. The highest BCUT2D eigenvalue weighted by Gasteiger charge is 2.24. The summed E-state index contributed by atoms with van der Waals surface area (Å²) in [5.74, 6) is 1.59. The molecule has 8 nitrogen and oxygen atoms in total. The summed E-state index contributed by atoms with van der Waals surface area (Å²) in [6.45, 7) is 9.71. The van der Waals surface area contributed by atoms with Crippen LogP contribution in [-0.4, -0.2) is 82.4 Å². The maximum atomic E-state index is 12.2. The second kappa shape index (κ2) is 12.9. The molecule has 0 saturated carbocycles. The number of ether oxygens (including phenoxy) is 2. The van der Waals surface area contributed by atoms with Gasteiger partial charge in [0.15, 0.2) is 12.6 Å². The van der Waals surface area contributed by atoms with Crippen molar-refractivity contribution in [2.75, 3.05) is 70.5 Å². The van der Waals surface area contributed by atoms with Crippen molar-refractivity contribution in [3.63, 3.8) is 0 Å². The number of fused-ring (bicyclic) bond motifs is 1. The van der Waals surface area contributed by atoms with Crippen LogP contribution in [-0.2, 0) is 9.53 Å². The van der Waals surface area contributed by atoms with Crippen molar-refractivity contribution >= 4 is 41.5 Å². The molecule has 2 heterocycles. The Morgan fingerprint density at radius 3 is 2.76 bits per heavy atom. The number of hydrogen-bond donors (Lipinski definition) is 2. The number of guanidine groups is 1. The van der Waals surface area contributed by atoms with Crippen molar-refractivity contribution in [1.29, 1.82) is 0 Å². The minimum atomic E-state index is -0.00165. The van der Waals surface area contributed by atoms with Gasteiger partial charge in [0.05, 0.1) is 18.9 Å². The van der Waals surface area contributed by atoms with Gasteiger partial charge in [0.25, 0.3) is 5.91 Å². The molecule has 0 unspecified atom stereocenters. The van der Waals surface area contributed by atoms with E-state index in [1.807, 2.05) is 24.3 Å². The van der Waals surface area contributed by atoms with E-state index in [2.05, 4.69) is 27.4 Å². The van der Waals surface area contributed by atoms with Crippen molar-refractivity contribution in [1.82, 2.24) is 15.5 Å². The van der Waals surface area contributed by atoms with E-state index in [9.17, 15) is 4.79 Å². The maximum Gasteiger partial charge on any atom is 0.265 e. The molecule has 1 aromatic rings. The Kier molecular flexibility index (Phi) is 10.5. The minimum absolute atomic E-state index is 0. The Labute approximate surface area is 190 Å². The zero-order chi connectivity index (χ0) is 19.6. The number of nitrogens with zero attached hydrogens (tertiary/aromatic N) is 3. The number of halogens is 1. The number of aliphatic imine (C=N–C) groups is 1. The number of morpholine rings is 1. The van der Waals surface area contributed by atoms with Crippen LogP contribution in [0.25, 0.3) is 0 Å². The van der Waals surface area contributed by atoms with Crippen LogP contribution in [0.3, 0.4) is 0 Å². The highest BCUT2D eigenvalue weighted by atomic mass is 127. The zero-order valence-corrected chi connectivity index (χ0v) is 19.4. The van der Waals surface area contributed by atoms with Crippen LogP contribution in [0.5, 0.6) is 5.75 Å². The van der Waals surface area contributed by atoms with Crippen LogP contribution >= 0.6 is 24.0 Å². The molecule has 9 heteroatoms. The molecule has 29 heavy (non-hydrogen) atoms. The van der Waals surface area contributed by atoms with Gasteiger partial charge >= 0.3 is 0 Å². The van der Waals surface area contributed by atoms with Gasteiger partial charge in [-0.05, 0) is 25.5 Å². The molecule has 0 aliphatic carbocycles. The summed E-state index contributed by atoms with van der Waals surface area (Å²) < 4.78 is 10.9. The lowest BCUT2D eigenvalue weighted by molar-refractivity contribution is -0.121. The Balaban J connectivity index is 0.00000300. The van der Waals surface area contributed by atoms with E-state index in [1.165, 1.54) is 0 Å². The van der Waals surface area contributed by atoms with E-state index in [4.69, 9.17) is 9.47 Å². The largest absolute Gasteiger partial charge is 0.482 e. The van der Waals surface area contributed by atoms with Gasteiger partial charge in [0, 0.05) is 45.8 Å². The van der Waals surface area contributed by atoms with Gasteiger partial charge in [-0.3, -0.25) is 14.7 Å². The van der Waals surface area contributed by atoms with Gasteiger partial charge in [-0.15, -0.1) is 24.0 Å². The molecule has 0 bridgehead atoms. The van der Waals surface area contributed by atoms with Crippen molar-refractivity contribution in [2.24, 2.45) is 4.99 Å². The van der Waals surface area contributed by atoms with Gasteiger partial charge in [0.2, 0.25) is 0 Å². The van der Waals surface area contributed by atoms with Crippen molar-refractivity contribution in [2.45, 2.75) is 13.3 Å². The highest BCUT2D eigenvalue weighted by molar-refractivity contribution is 14.0. The molecule has 162 valence electrons. The number of carbonyl (C=O) groups is 1. The number of carbonyl (C=O) groups excluding carboxylic acids is 1. The molecule has 2 aliphatic heterocycles. The molecule has 1 amide bonds. The summed E-state index contributed by atoms with van der Waals surface area (Å²) in [7, 11) is 0. The lowest BCUT2D eigenvalue weighted by Crippen LogP contribution is -2.44. The Morgan fingerprint density at radius 2 is 1.97 bits per heavy atom. The first-order valence-corrected chi connectivity index (χ1v) is 10.1. The molecular formula is C20H32IN5O3. The fourth-order valence-corrected chi connectivity index (χ4v) is 3.32. The van der Waals surface area contributed by atoms with Gasteiger partial charge in [-0.2, -0.15) is 0 Å². The Morgan fingerprint density at radius 1 is 1.17 bits per heavy atom. The fourth-order valence-electron chi connectivity index (χ4n) is 3.32. The molecule has 0 radical (unpaired) electrons. The van der Waals surface area contributed by atoms with Crippen LogP contribution < -0.4 is 20.3 Å². The summed E-state index contributed by atoms with van der Waals surface area (Å²) in [4.78, 5) is 21.0. The molecule has 0 atom stereocenters. The summed E-state index contributed by atoms with van der Waals surface area (Å²) in [5, 5.41) is 6.67. The SMILES string of the molecule is CCNC(=NCCCN1C(=O)COc2ccccc21)NCCN1CCOCC1.I. The van der Waals surface area contributed by atoms with E-state index in [-0.39, 0.29) is 36.5 Å². The quantitative estimate of drug-likeness (QED) is 0.235. The fraction of sp³-hybridized carbons (Fsp3) is 0.600. The predicted molar refractivity (Wildman–Crippen MR) is 126 cm³/mol. The van der Waals surface area contributed by atoms with Crippen LogP contribution in [0.1, 0.15) is 13.3 Å². The third kappa shape index (κ3) is 7.31. The predicted octanol–water partition coefficient (Wildman–Crippen LogP) is 1.31. The van der Waals surface area contributed by atoms with Gasteiger partial charge in [-0.1, -0.05) is 12.1 Å². The van der Waals surface area contributed by atoms with Gasteiger partial charge < -0.3 is 25.0 Å². The molecule has 0 aromatic heterocycles. The van der Waals surface area contributed by atoms with Crippen molar-refractivity contribution < 1.29 is 14.3 Å². The first-order valence-electron chi connectivity index (χ1n) is 10.1. The first-order chi connectivity index (χ1) is 13.8. The van der Waals surface area contributed by atoms with Crippen LogP contribution in [0.15, 0.2) is 29.3 Å². The second-order valence-corrected chi connectivity index (χ2v) is 6.80. The molecule has 1 fully saturated rings. The number of benzene rings is 1. The first kappa shape index (κ1) is 23.7. The molecule has 1 aromatic carbocycles. The molecule has 0 spiro atoms. The van der Waals surface area contributed by atoms with E-state index >= 15 is 0 Å². The van der Waals surface area contributed by atoms with E-state index in [1.54, 1.807) is 4.90 Å². The summed E-state index contributed by atoms with van der Waals surface area (Å²) in [5.41, 5.74) is 0.846. The highest BCUT2D eigenvalue weighted by Crippen LogP contribution is 2.31. The number of para-hydroxylation sites is 2. The lowest BCUT2D eigenvalue weighted by Gasteiger charge is -2.29. The number of nitrogens with one attached hydrogen (secondary N) is 2. The molecule has 2 aliphatic rings. The number of anilines is 1. The van der Waals surface area contributed by atoms with Crippen LogP contribution in [0.2, 0.25) is 0 Å². The number of amides is 1. The molecular weight excluding hydrogens is 485 g/mol. The number of rotatable bonds is 8. The van der Waals surface area contributed by atoms with Gasteiger partial charge in [-0.25, -0.2) is 0 Å². The minimum Gasteiger partial charge on any atom is -0.482 e. The monoisotopic (exact) mass is 517 g/mol. The average Bonchev–Trinajstić information content (AvgIpc) is 2.73. The molecule has 3 rings (SSSR count). The number of hydrogen-bond acceptors (Lipinski definition) is 5. The summed E-state index contributed by atoms with van der Waals surface area (Å²) >= 11 is 0. The van der Waals surface area contributed by atoms with Crippen LogP contribution in [0, 0.1) is 0 Å². The van der Waals surface area contributed by atoms with Crippen molar-refractivity contribution in [3.8, 4) is 5.75 Å². The third-order valence-electron chi connectivity index (χ3n) is 4.79. The van der Waals surface area contributed by atoms with E-state index < -0.39 is 0 Å². The average molecular weight is 517 g/mol. The molecule has 1 saturated heterocycles. The van der Waals surface area contributed by atoms with Crippen LogP contribution in [0.4, 0.5) is 5.69 Å². The van der Waals surface area contributed by atoms with E-state index in [0.29, 0.717) is 13.1 Å². The normalized spacial score (nSPS) is 17.2. The summed E-state index contributed by atoms with van der Waals surface area (Å²) in [6.07, 6.45) is 0.792. The zero-order valence-electron chi connectivity index (χ0n) is 17.1. The smallest absolute Gasteiger partial charge is 0.265 e. The summed E-state index contributed by atoms with van der Waals surface area (Å²) in [6, 6.07) is 7.66. The Bertz CT molecular complexity index is 667. The Hall–Kier alpha value is -1.59. The van der Waals surface area contributed by atoms with E-state index in [0.717, 1.165) is 69.8 Å². The maximum absolute atomic E-state index is 12.2. The van der Waals surface area contributed by atoms with Crippen molar-refractivity contribution in [3.05, 3.63) is 24.3 Å². The standard InChI is InChI=1S/C20H31N5O3.HI/c1-2-21-20(23-9-11-24-12-14-27-15-13-24)22-8-5-10-25-17-6-3-4-7-18(17)28-16-19(25)26;/h3-4,6-7H,2,5,8-16H2,1H3,(H2,21,22,23);1H. The molecule has 2 N–H and O–H groups in total. The van der Waals surface area contributed by atoms with Gasteiger partial charge in [0.1, 0.15) is 5.75 Å². The third-order valence-corrected chi connectivity index (χ3v) is 4.79. The topological polar surface area (TPSA) is 78.4 Å².